The SMILES string of the molecule is CC(C)C(C(=O)N[C@@H]1CC[C@H](C(=O)O)C1)C(C)NC(=O)OCC1c2ccccc2-c2ccccc21. The van der Waals surface area contributed by atoms with Gasteiger partial charge in [-0.25, -0.2) is 4.79 Å². The van der Waals surface area contributed by atoms with Gasteiger partial charge in [0.05, 0.1) is 11.8 Å². The van der Waals surface area contributed by atoms with Crippen molar-refractivity contribution in [1.29, 1.82) is 0 Å². The molecule has 2 aliphatic rings. The highest BCUT2D eigenvalue weighted by atomic mass is 16.5. The topological polar surface area (TPSA) is 105 Å². The second-order valence-corrected chi connectivity index (χ2v) is 10.1. The standard InChI is InChI=1S/C28H34N2O5/c1-16(2)25(26(31)30-19-13-12-18(14-19)27(32)33)17(3)29-28(34)35-15-24-22-10-6-4-8-20(22)21-9-5-7-11-23(21)24/h4-11,16-19,24-25H,12-15H2,1-3H3,(H,29,34)(H,30,31)(H,32,33)/t17?,18-,19+,25?/m0/s1. The van der Waals surface area contributed by atoms with Crippen LogP contribution >= 0.6 is 0 Å². The number of fused-ring (bicyclic) bond motifs is 3. The summed E-state index contributed by atoms with van der Waals surface area (Å²) in [5.41, 5.74) is 4.62. The van der Waals surface area contributed by atoms with Crippen LogP contribution in [0.15, 0.2) is 48.5 Å². The Labute approximate surface area is 206 Å². The Kier molecular flexibility index (Phi) is 7.43. The van der Waals surface area contributed by atoms with Crippen LogP contribution in [-0.4, -0.2) is 41.8 Å². The molecule has 0 aliphatic heterocycles. The maximum absolute atomic E-state index is 13.0. The number of aliphatic carboxylic acids is 1. The lowest BCUT2D eigenvalue weighted by Gasteiger charge is -2.28. The van der Waals surface area contributed by atoms with E-state index in [0.717, 1.165) is 11.1 Å². The summed E-state index contributed by atoms with van der Waals surface area (Å²) in [7, 11) is 0. The van der Waals surface area contributed by atoms with E-state index in [9.17, 15) is 19.5 Å². The Morgan fingerprint density at radius 1 is 0.971 bits per heavy atom. The normalized spacial score (nSPS) is 20.6. The Balaban J connectivity index is 1.35. The molecule has 7 heteroatoms. The third-order valence-corrected chi connectivity index (χ3v) is 7.38. The zero-order valence-corrected chi connectivity index (χ0v) is 20.5. The summed E-state index contributed by atoms with van der Waals surface area (Å²) in [5.74, 6) is -1.89. The minimum absolute atomic E-state index is 0.0180. The lowest BCUT2D eigenvalue weighted by Crippen LogP contribution is -2.49. The van der Waals surface area contributed by atoms with E-state index in [4.69, 9.17) is 4.74 Å². The molecule has 2 aromatic carbocycles. The van der Waals surface area contributed by atoms with Crippen molar-refractivity contribution in [3.63, 3.8) is 0 Å². The Morgan fingerprint density at radius 2 is 1.57 bits per heavy atom. The first-order chi connectivity index (χ1) is 16.8. The van der Waals surface area contributed by atoms with Crippen molar-refractivity contribution in [3.8, 4) is 11.1 Å². The highest BCUT2D eigenvalue weighted by Crippen LogP contribution is 2.44. The first-order valence-electron chi connectivity index (χ1n) is 12.4. The van der Waals surface area contributed by atoms with Gasteiger partial charge in [-0.2, -0.15) is 0 Å². The molecule has 3 N–H and O–H groups in total. The van der Waals surface area contributed by atoms with Crippen molar-refractivity contribution in [2.24, 2.45) is 17.8 Å². The third kappa shape index (κ3) is 5.34. The number of carbonyl (C=O) groups excluding carboxylic acids is 2. The van der Waals surface area contributed by atoms with Crippen LogP contribution in [0.25, 0.3) is 11.1 Å². The summed E-state index contributed by atoms with van der Waals surface area (Å²) < 4.78 is 5.65. The number of carbonyl (C=O) groups is 3. The van der Waals surface area contributed by atoms with Crippen LogP contribution in [-0.2, 0) is 14.3 Å². The Bertz CT molecular complexity index is 1050. The Morgan fingerprint density at radius 3 is 2.11 bits per heavy atom. The fourth-order valence-corrected chi connectivity index (χ4v) is 5.66. The van der Waals surface area contributed by atoms with Gasteiger partial charge in [0.1, 0.15) is 6.61 Å². The molecule has 0 aromatic heterocycles. The second-order valence-electron chi connectivity index (χ2n) is 10.1. The molecule has 7 nitrogen and oxygen atoms in total. The summed E-state index contributed by atoms with van der Waals surface area (Å²) in [5, 5.41) is 15.1. The van der Waals surface area contributed by atoms with Gasteiger partial charge in [-0.1, -0.05) is 62.4 Å². The highest BCUT2D eigenvalue weighted by molar-refractivity contribution is 5.81. The van der Waals surface area contributed by atoms with E-state index in [1.165, 1.54) is 11.1 Å². The number of carboxylic acids is 1. The van der Waals surface area contributed by atoms with Crippen LogP contribution in [0.3, 0.4) is 0 Å². The summed E-state index contributed by atoms with van der Waals surface area (Å²) in [6.07, 6.45) is 1.12. The zero-order valence-electron chi connectivity index (χ0n) is 20.5. The molecule has 4 rings (SSSR count). The smallest absolute Gasteiger partial charge is 0.407 e. The summed E-state index contributed by atoms with van der Waals surface area (Å²) in [6, 6.07) is 15.7. The summed E-state index contributed by atoms with van der Waals surface area (Å²) in [6.45, 7) is 5.90. The molecule has 2 aliphatic carbocycles. The van der Waals surface area contributed by atoms with Crippen molar-refractivity contribution in [2.75, 3.05) is 6.61 Å². The molecule has 2 unspecified atom stereocenters. The van der Waals surface area contributed by atoms with Gasteiger partial charge in [0.2, 0.25) is 5.91 Å². The van der Waals surface area contributed by atoms with Gasteiger partial charge in [-0.05, 0) is 54.4 Å². The van der Waals surface area contributed by atoms with E-state index in [0.29, 0.717) is 19.3 Å². The van der Waals surface area contributed by atoms with Crippen molar-refractivity contribution in [2.45, 2.75) is 58.0 Å². The van der Waals surface area contributed by atoms with E-state index in [2.05, 4.69) is 34.9 Å². The summed E-state index contributed by atoms with van der Waals surface area (Å²) in [4.78, 5) is 37.0. The number of hydrogen-bond acceptors (Lipinski definition) is 4. The molecule has 1 fully saturated rings. The maximum atomic E-state index is 13.0. The number of amides is 2. The lowest BCUT2D eigenvalue weighted by atomic mass is 9.88. The van der Waals surface area contributed by atoms with E-state index in [1.54, 1.807) is 6.92 Å². The highest BCUT2D eigenvalue weighted by Gasteiger charge is 2.35. The molecule has 1 saturated carbocycles. The molecular formula is C28H34N2O5. The monoisotopic (exact) mass is 478 g/mol. The predicted molar refractivity (Wildman–Crippen MR) is 133 cm³/mol. The number of carboxylic acid groups (broad SMARTS) is 1. The second kappa shape index (κ2) is 10.5. The van der Waals surface area contributed by atoms with Gasteiger partial charge in [-0.15, -0.1) is 0 Å². The van der Waals surface area contributed by atoms with Gasteiger partial charge in [0.25, 0.3) is 0 Å². The maximum Gasteiger partial charge on any atom is 0.407 e. The molecule has 4 atom stereocenters. The number of rotatable bonds is 8. The van der Waals surface area contributed by atoms with Crippen LogP contribution in [0.4, 0.5) is 4.79 Å². The Hall–Kier alpha value is -3.35. The number of nitrogens with one attached hydrogen (secondary N) is 2. The average molecular weight is 479 g/mol. The number of ether oxygens (including phenoxy) is 1. The number of alkyl carbamates (subject to hydrolysis) is 1. The van der Waals surface area contributed by atoms with Crippen LogP contribution in [0.5, 0.6) is 0 Å². The fraction of sp³-hybridized carbons (Fsp3) is 0.464. The zero-order chi connectivity index (χ0) is 25.1. The first kappa shape index (κ1) is 24.8. The van der Waals surface area contributed by atoms with Crippen molar-refractivity contribution in [3.05, 3.63) is 59.7 Å². The van der Waals surface area contributed by atoms with Crippen LogP contribution in [0, 0.1) is 17.8 Å². The molecule has 186 valence electrons. The predicted octanol–water partition coefficient (Wildman–Crippen LogP) is 4.56. The number of hydrogen-bond donors (Lipinski definition) is 3. The molecule has 2 amide bonds. The molecule has 0 saturated heterocycles. The van der Waals surface area contributed by atoms with E-state index < -0.39 is 29.9 Å². The number of benzene rings is 2. The minimum Gasteiger partial charge on any atom is -0.481 e. The fourth-order valence-electron chi connectivity index (χ4n) is 5.66. The van der Waals surface area contributed by atoms with Crippen LogP contribution in [0.2, 0.25) is 0 Å². The van der Waals surface area contributed by atoms with E-state index in [-0.39, 0.29) is 30.4 Å². The molecule has 0 bridgehead atoms. The van der Waals surface area contributed by atoms with Crippen molar-refractivity contribution < 1.29 is 24.2 Å². The average Bonchev–Trinajstić information content (AvgIpc) is 3.40. The van der Waals surface area contributed by atoms with Gasteiger partial charge in [-0.3, -0.25) is 9.59 Å². The lowest BCUT2D eigenvalue weighted by molar-refractivity contribution is -0.141. The van der Waals surface area contributed by atoms with Gasteiger partial charge in [0, 0.05) is 18.0 Å². The van der Waals surface area contributed by atoms with Crippen molar-refractivity contribution in [1.82, 2.24) is 10.6 Å². The molecule has 35 heavy (non-hydrogen) atoms. The van der Waals surface area contributed by atoms with Gasteiger partial charge in [0.15, 0.2) is 0 Å². The first-order valence-corrected chi connectivity index (χ1v) is 12.4. The van der Waals surface area contributed by atoms with Gasteiger partial charge < -0.3 is 20.5 Å². The van der Waals surface area contributed by atoms with Gasteiger partial charge >= 0.3 is 12.1 Å². The quantitative estimate of drug-likeness (QED) is 0.516. The summed E-state index contributed by atoms with van der Waals surface area (Å²) >= 11 is 0. The van der Waals surface area contributed by atoms with Crippen LogP contribution < -0.4 is 10.6 Å². The van der Waals surface area contributed by atoms with E-state index >= 15 is 0 Å². The van der Waals surface area contributed by atoms with Crippen molar-refractivity contribution >= 4 is 18.0 Å². The third-order valence-electron chi connectivity index (χ3n) is 7.38. The van der Waals surface area contributed by atoms with E-state index in [1.807, 2.05) is 38.1 Å². The largest absolute Gasteiger partial charge is 0.481 e. The molecular weight excluding hydrogens is 444 g/mol. The molecule has 2 aromatic rings. The molecule has 0 radical (unpaired) electrons. The van der Waals surface area contributed by atoms with Crippen LogP contribution in [0.1, 0.15) is 57.1 Å². The molecule has 0 spiro atoms. The minimum atomic E-state index is -0.813. The molecule has 0 heterocycles.